The second-order valence-corrected chi connectivity index (χ2v) is 14.3. The number of ether oxygens (including phenoxy) is 2. The number of aromatic amines is 1. The summed E-state index contributed by atoms with van der Waals surface area (Å²) in [5.74, 6) is 0.287. The minimum Gasteiger partial charge on any atom is -0.444 e. The van der Waals surface area contributed by atoms with Gasteiger partial charge in [0.15, 0.2) is 23.6 Å². The SMILES string of the molecule is [B-]P1(=O)OC[C@H]2O[C@@H](n3cnc4ccccc43)[C@@H](O)C2OP(C)(=O)OC[C@H]2O[C@@H](n3cnc4c(=O)[nH]c(C)nc43)[C@@H](O1)C2O. The Morgan fingerprint density at radius 3 is 2.50 bits per heavy atom. The Kier molecular flexibility index (Phi) is 7.45. The summed E-state index contributed by atoms with van der Waals surface area (Å²) >= 11 is 0. The third-order valence-corrected chi connectivity index (χ3v) is 9.97. The molecule has 0 spiro atoms. The Morgan fingerprint density at radius 1 is 0.955 bits per heavy atom. The Morgan fingerprint density at radius 2 is 1.68 bits per heavy atom. The smallest absolute Gasteiger partial charge is 0.328 e. The van der Waals surface area contributed by atoms with E-state index >= 15 is 0 Å². The molecule has 7 rings (SSSR count). The Hall–Kier alpha value is -2.76. The molecule has 3 radical (unpaired) electrons. The third-order valence-electron chi connectivity index (χ3n) is 7.68. The molecule has 10 atom stereocenters. The van der Waals surface area contributed by atoms with Crippen LogP contribution in [0.15, 0.2) is 41.7 Å². The van der Waals surface area contributed by atoms with E-state index in [1.165, 1.54) is 23.9 Å². The Labute approximate surface area is 249 Å². The number of aryl methyl sites for hydroxylation is 1. The van der Waals surface area contributed by atoms with Crippen molar-refractivity contribution in [3.63, 3.8) is 0 Å². The van der Waals surface area contributed by atoms with E-state index < -0.39 is 82.9 Å². The normalized spacial score (nSPS) is 38.3. The number of aromatic nitrogens is 6. The van der Waals surface area contributed by atoms with Crippen LogP contribution in [0, 0.1) is 6.92 Å². The zero-order valence-corrected chi connectivity index (χ0v) is 25.1. The molecule has 2 bridgehead atoms. The number of nitrogens with one attached hydrogen (secondary N) is 1. The van der Waals surface area contributed by atoms with Gasteiger partial charge in [-0.05, 0) is 19.1 Å². The van der Waals surface area contributed by atoms with Gasteiger partial charge in [-0.3, -0.25) is 18.5 Å². The van der Waals surface area contributed by atoms with Crippen molar-refractivity contribution in [1.29, 1.82) is 0 Å². The van der Waals surface area contributed by atoms with Gasteiger partial charge in [0.25, 0.3) is 5.56 Å². The van der Waals surface area contributed by atoms with E-state index in [1.807, 2.05) is 6.07 Å². The third kappa shape index (κ3) is 5.28. The molecule has 3 saturated heterocycles. The predicted octanol–water partition coefficient (Wildman–Crippen LogP) is 0.911. The average molecular weight is 648 g/mol. The molecule has 0 aliphatic carbocycles. The maximum atomic E-state index is 13.5. The van der Waals surface area contributed by atoms with Crippen molar-refractivity contribution < 1.29 is 46.9 Å². The highest BCUT2D eigenvalue weighted by Crippen LogP contribution is 2.53. The predicted molar refractivity (Wildman–Crippen MR) is 151 cm³/mol. The standard InChI is InChI=1S/C24H27BN6O11P2/c1-11-28-21-16(22(34)29-11)27-10-31(21)24-20-17(32)14(39-24)7-37-43(2,35)41-19-15(8-38-44(25,36)42-20)40-23(18(19)33)30-9-26-12-5-3-4-6-13(12)30/h3-6,9-10,14-15,17-20,23-24,32-33H,7-8H2,1-2H3,(H,28,29,34)/q-1/t14-,15-,17?,18+,19?,20+,23-,24-,43?,44?/m1/s1. The first-order chi connectivity index (χ1) is 20.9. The number of aliphatic hydroxyl groups excluding tert-OH is 2. The fourth-order valence-corrected chi connectivity index (χ4v) is 7.81. The molecule has 1 aromatic carbocycles. The molecule has 3 aliphatic rings. The summed E-state index contributed by atoms with van der Waals surface area (Å²) < 4.78 is 64.5. The summed E-state index contributed by atoms with van der Waals surface area (Å²) in [6.07, 6.45) is -7.54. The highest BCUT2D eigenvalue weighted by atomic mass is 31.2. The van der Waals surface area contributed by atoms with Crippen LogP contribution in [0.2, 0.25) is 0 Å². The average Bonchev–Trinajstić information content (AvgIpc) is 3.72. The van der Waals surface area contributed by atoms with Crippen LogP contribution in [0.3, 0.4) is 0 Å². The van der Waals surface area contributed by atoms with E-state index in [0.717, 1.165) is 0 Å². The van der Waals surface area contributed by atoms with Gasteiger partial charge < -0.3 is 54.9 Å². The summed E-state index contributed by atoms with van der Waals surface area (Å²) in [5.41, 5.74) is 0.893. The van der Waals surface area contributed by atoms with Gasteiger partial charge in [0.2, 0.25) is 0 Å². The minimum atomic E-state index is -4.48. The van der Waals surface area contributed by atoms with Gasteiger partial charge in [-0.2, -0.15) is 0 Å². The number of rotatable bonds is 2. The molecule has 20 heteroatoms. The lowest BCUT2D eigenvalue weighted by Gasteiger charge is -2.34. The minimum absolute atomic E-state index is 0.0107. The van der Waals surface area contributed by atoms with Crippen LogP contribution in [0.5, 0.6) is 0 Å². The van der Waals surface area contributed by atoms with Gasteiger partial charge in [-0.15, -0.1) is 0 Å². The topological polar surface area (TPSA) is 211 Å². The number of benzene rings is 1. The number of nitrogens with zero attached hydrogens (tertiary/aromatic N) is 5. The van der Waals surface area contributed by atoms with Crippen LogP contribution in [-0.2, 0) is 36.7 Å². The lowest BCUT2D eigenvalue weighted by Crippen LogP contribution is -2.36. The van der Waals surface area contributed by atoms with Crippen LogP contribution < -0.4 is 5.56 Å². The van der Waals surface area contributed by atoms with Crippen LogP contribution in [0.1, 0.15) is 18.3 Å². The highest BCUT2D eigenvalue weighted by Gasteiger charge is 2.51. The molecule has 17 nitrogen and oxygen atoms in total. The van der Waals surface area contributed by atoms with E-state index in [1.54, 1.807) is 29.7 Å². The molecule has 3 aliphatic heterocycles. The summed E-state index contributed by atoms with van der Waals surface area (Å²) in [5, 5.41) is 22.4. The molecule has 233 valence electrons. The van der Waals surface area contributed by atoms with Crippen LogP contribution in [-0.4, -0.2) is 103 Å². The fraction of sp³-hybridized carbons (Fsp3) is 0.500. The maximum Gasteiger partial charge on any atom is 0.328 e. The second kappa shape index (κ2) is 10.9. The van der Waals surface area contributed by atoms with Crippen molar-refractivity contribution in [2.75, 3.05) is 19.9 Å². The van der Waals surface area contributed by atoms with Crippen molar-refractivity contribution in [2.24, 2.45) is 0 Å². The number of aliphatic hydroxyl groups is 2. The van der Waals surface area contributed by atoms with Crippen molar-refractivity contribution >= 4 is 44.8 Å². The van der Waals surface area contributed by atoms with E-state index in [-0.39, 0.29) is 17.0 Å². The summed E-state index contributed by atoms with van der Waals surface area (Å²) in [6, 6.07) is 7.18. The Balaban J connectivity index is 1.21. The van der Waals surface area contributed by atoms with Gasteiger partial charge in [0, 0.05) is 6.66 Å². The molecule has 3 fully saturated rings. The maximum absolute atomic E-state index is 13.5. The first kappa shape index (κ1) is 29.9. The van der Waals surface area contributed by atoms with E-state index in [9.17, 15) is 24.1 Å². The van der Waals surface area contributed by atoms with E-state index in [2.05, 4.69) is 19.9 Å². The fourth-order valence-electron chi connectivity index (χ4n) is 5.65. The van der Waals surface area contributed by atoms with Crippen molar-refractivity contribution in [3.05, 3.63) is 53.1 Å². The molecule has 3 aromatic heterocycles. The molecular weight excluding hydrogens is 621 g/mol. The van der Waals surface area contributed by atoms with Gasteiger partial charge >= 0.3 is 7.60 Å². The first-order valence-electron chi connectivity index (χ1n) is 13.5. The molecule has 0 amide bonds. The number of fused-ring (bicyclic) bond motifs is 5. The molecule has 4 unspecified atom stereocenters. The monoisotopic (exact) mass is 648 g/mol. The number of imidazole rings is 2. The van der Waals surface area contributed by atoms with Gasteiger partial charge in [0.1, 0.15) is 42.4 Å². The molecular formula is C24H27BN6O11P2-. The lowest BCUT2D eigenvalue weighted by molar-refractivity contribution is -0.0583. The summed E-state index contributed by atoms with van der Waals surface area (Å²) in [6.45, 7) is 1.77. The van der Waals surface area contributed by atoms with Crippen molar-refractivity contribution in [1.82, 2.24) is 29.1 Å². The van der Waals surface area contributed by atoms with E-state index in [4.69, 9.17) is 35.1 Å². The second-order valence-electron chi connectivity index (χ2n) is 10.8. The first-order valence-corrected chi connectivity index (χ1v) is 17.1. The van der Waals surface area contributed by atoms with E-state index in [0.29, 0.717) is 11.0 Å². The number of hydrogen-bond donors (Lipinski definition) is 3. The quantitative estimate of drug-likeness (QED) is 0.204. The van der Waals surface area contributed by atoms with Gasteiger partial charge in [-0.1, -0.05) is 12.1 Å². The highest BCUT2D eigenvalue weighted by molar-refractivity contribution is 7.79. The van der Waals surface area contributed by atoms with Gasteiger partial charge in [-0.25, -0.2) is 15.0 Å². The molecule has 3 N–H and O–H groups in total. The lowest BCUT2D eigenvalue weighted by atomic mass is 10.1. The number of para-hydroxylation sites is 2. The number of H-pyrrole nitrogens is 1. The van der Waals surface area contributed by atoms with Crippen LogP contribution >= 0.6 is 15.1 Å². The van der Waals surface area contributed by atoms with Gasteiger partial charge in [0.05, 0.1) is 44.4 Å². The van der Waals surface area contributed by atoms with Crippen LogP contribution in [0.4, 0.5) is 0 Å². The molecule has 6 heterocycles. The Bertz CT molecular complexity index is 1880. The number of hydrogen-bond acceptors (Lipinski definition) is 14. The van der Waals surface area contributed by atoms with Crippen molar-refractivity contribution in [3.8, 4) is 0 Å². The summed E-state index contributed by atoms with van der Waals surface area (Å²) in [7, 11) is -2.46. The largest absolute Gasteiger partial charge is 0.444 e. The van der Waals surface area contributed by atoms with Crippen molar-refractivity contribution in [2.45, 2.75) is 56.0 Å². The zero-order valence-electron chi connectivity index (χ0n) is 23.3. The molecule has 4 aromatic rings. The molecule has 44 heavy (non-hydrogen) atoms. The van der Waals surface area contributed by atoms with Crippen LogP contribution in [0.25, 0.3) is 22.2 Å². The summed E-state index contributed by atoms with van der Waals surface area (Å²) in [4.78, 5) is 27.7. The molecule has 0 saturated carbocycles. The zero-order chi connectivity index (χ0) is 31.0.